The molecule has 6 rings (SSSR count). The van der Waals surface area contributed by atoms with Crippen LogP contribution in [0.1, 0.15) is 32.4 Å². The van der Waals surface area contributed by atoms with Crippen molar-refractivity contribution in [3.05, 3.63) is 45.4 Å². The number of rotatable bonds is 6. The van der Waals surface area contributed by atoms with Gasteiger partial charge in [-0.3, -0.25) is 15.0 Å². The Kier molecular flexibility index (Phi) is 7.78. The monoisotopic (exact) mass is 614 g/mol. The summed E-state index contributed by atoms with van der Waals surface area (Å²) in [4.78, 5) is 41.3. The number of nitrogens with zero attached hydrogens (tertiary/aromatic N) is 5. The Morgan fingerprint density at radius 2 is 1.95 bits per heavy atom. The maximum absolute atomic E-state index is 13.8. The Hall–Kier alpha value is -3.37. The molecule has 2 aromatic heterocycles. The lowest BCUT2D eigenvalue weighted by Crippen LogP contribution is -2.58. The summed E-state index contributed by atoms with van der Waals surface area (Å²) in [6.45, 7) is 3.64. The number of nitrogens with two attached hydrogens (primary N) is 1. The predicted octanol–water partition coefficient (Wildman–Crippen LogP) is 0.661. The van der Waals surface area contributed by atoms with Crippen molar-refractivity contribution in [1.82, 2.24) is 29.0 Å². The van der Waals surface area contributed by atoms with E-state index in [4.69, 9.17) is 15.9 Å². The molecule has 3 aromatic rings. The van der Waals surface area contributed by atoms with Crippen LogP contribution in [-0.4, -0.2) is 121 Å². The van der Waals surface area contributed by atoms with Gasteiger partial charge in [-0.05, 0) is 19.2 Å². The third kappa shape index (κ3) is 5.54. The van der Waals surface area contributed by atoms with Crippen molar-refractivity contribution in [3.8, 4) is 0 Å². The second-order valence-electron chi connectivity index (χ2n) is 10.9. The van der Waals surface area contributed by atoms with Crippen molar-refractivity contribution >= 4 is 49.9 Å². The molecule has 5 heterocycles. The number of sulfonamides is 1. The highest BCUT2D eigenvalue weighted by molar-refractivity contribution is 7.89. The molecule has 3 aliphatic rings. The summed E-state index contributed by atoms with van der Waals surface area (Å²) < 4.78 is 34.4. The molecule has 0 spiro atoms. The molecule has 1 atom stereocenters. The Balaban J connectivity index is 1.27. The van der Waals surface area contributed by atoms with E-state index in [1.54, 1.807) is 34.1 Å². The summed E-state index contributed by atoms with van der Waals surface area (Å²) in [5, 5.41) is 8.74. The number of morpholine rings is 1. The molecular weight excluding hydrogens is 580 g/mol. The minimum Gasteiger partial charge on any atom is -0.384 e. The van der Waals surface area contributed by atoms with E-state index in [0.29, 0.717) is 47.8 Å². The number of aromatic amines is 1. The Bertz CT molecular complexity index is 1640. The number of nitrogens with one attached hydrogen (secondary N) is 2. The van der Waals surface area contributed by atoms with E-state index < -0.39 is 16.1 Å². The summed E-state index contributed by atoms with van der Waals surface area (Å²) in [5.74, 6) is -0.517. The summed E-state index contributed by atoms with van der Waals surface area (Å²) >= 11 is 1.38. The minimum absolute atomic E-state index is 0.000259. The van der Waals surface area contributed by atoms with Crippen molar-refractivity contribution < 1.29 is 22.7 Å². The zero-order valence-electron chi connectivity index (χ0n) is 23.3. The average Bonchev–Trinajstić information content (AvgIpc) is 3.61. The highest BCUT2D eigenvalue weighted by Gasteiger charge is 2.40. The number of hydrogen-bond acceptors (Lipinski definition) is 9. The number of likely N-dealkylation sites (N-methyl/N-ethyl adjacent to an activating group) is 1. The van der Waals surface area contributed by atoms with Gasteiger partial charge in [-0.15, -0.1) is 11.3 Å². The fourth-order valence-corrected chi connectivity index (χ4v) is 8.34. The normalized spacial score (nSPS) is 20.5. The third-order valence-corrected chi connectivity index (χ3v) is 11.0. The van der Waals surface area contributed by atoms with Gasteiger partial charge in [0.1, 0.15) is 10.9 Å². The summed E-state index contributed by atoms with van der Waals surface area (Å²) in [5.41, 5.74) is 7.58. The smallest absolute Gasteiger partial charge is 0.283 e. The van der Waals surface area contributed by atoms with Gasteiger partial charge in [0.2, 0.25) is 5.91 Å². The number of carbonyl (C=O) groups is 2. The number of H-pyrrole nitrogens is 1. The number of ether oxygens (including phenoxy) is 1. The average molecular weight is 615 g/mol. The number of amidine groups is 1. The Morgan fingerprint density at radius 1 is 1.17 bits per heavy atom. The maximum atomic E-state index is 13.8. The van der Waals surface area contributed by atoms with E-state index in [1.807, 2.05) is 7.05 Å². The molecule has 1 aromatic carbocycles. The van der Waals surface area contributed by atoms with Crippen molar-refractivity contribution in [1.29, 1.82) is 5.41 Å². The fourth-order valence-electron chi connectivity index (χ4n) is 5.71. The largest absolute Gasteiger partial charge is 0.384 e. The van der Waals surface area contributed by atoms with Gasteiger partial charge in [-0.1, -0.05) is 12.1 Å². The van der Waals surface area contributed by atoms with Crippen LogP contribution >= 0.6 is 11.3 Å². The molecule has 0 radical (unpaired) electrons. The molecule has 0 bridgehead atoms. The van der Waals surface area contributed by atoms with E-state index in [2.05, 4.69) is 14.9 Å². The van der Waals surface area contributed by atoms with E-state index in [1.165, 1.54) is 15.6 Å². The van der Waals surface area contributed by atoms with Gasteiger partial charge in [0.25, 0.3) is 15.9 Å². The molecule has 2 amide bonds. The number of nitrogen functional groups attached to an aromatic ring is 1. The molecule has 3 aliphatic heterocycles. The van der Waals surface area contributed by atoms with Gasteiger partial charge >= 0.3 is 0 Å². The number of carbonyl (C=O) groups excluding carboxylic acids is 2. The molecule has 2 fully saturated rings. The minimum atomic E-state index is -3.98. The summed E-state index contributed by atoms with van der Waals surface area (Å²) in [6.07, 6.45) is 0.777. The highest BCUT2D eigenvalue weighted by atomic mass is 32.2. The van der Waals surface area contributed by atoms with Gasteiger partial charge in [0.15, 0.2) is 5.01 Å². The van der Waals surface area contributed by atoms with Crippen molar-refractivity contribution in [2.75, 3.05) is 59.5 Å². The lowest BCUT2D eigenvalue weighted by atomic mass is 10.1. The summed E-state index contributed by atoms with van der Waals surface area (Å²) in [6, 6.07) is 5.92. The summed E-state index contributed by atoms with van der Waals surface area (Å²) in [7, 11) is -1.95. The van der Waals surface area contributed by atoms with Crippen LogP contribution in [0.3, 0.4) is 0 Å². The Labute approximate surface area is 247 Å². The molecule has 224 valence electrons. The fraction of sp³-hybridized carbons (Fsp3) is 0.481. The number of amides is 2. The van der Waals surface area contributed by atoms with Gasteiger partial charge in [-0.2, -0.15) is 4.31 Å². The number of thiazole rings is 1. The van der Waals surface area contributed by atoms with E-state index in [0.717, 1.165) is 30.1 Å². The first-order valence-corrected chi connectivity index (χ1v) is 16.2. The van der Waals surface area contributed by atoms with Gasteiger partial charge < -0.3 is 30.2 Å². The zero-order valence-corrected chi connectivity index (χ0v) is 25.0. The van der Waals surface area contributed by atoms with Crippen LogP contribution in [0, 0.1) is 5.41 Å². The molecule has 0 aliphatic carbocycles. The molecule has 13 nitrogen and oxygen atoms in total. The molecular formula is C27H34N8O5S2. The van der Waals surface area contributed by atoms with Crippen LogP contribution in [0.4, 0.5) is 0 Å². The molecule has 1 unspecified atom stereocenters. The van der Waals surface area contributed by atoms with E-state index in [-0.39, 0.29) is 48.7 Å². The predicted molar refractivity (Wildman–Crippen MR) is 157 cm³/mol. The van der Waals surface area contributed by atoms with Crippen molar-refractivity contribution in [3.63, 3.8) is 0 Å². The number of aromatic nitrogens is 2. The first-order valence-electron chi connectivity index (χ1n) is 13.9. The van der Waals surface area contributed by atoms with Crippen LogP contribution in [0.15, 0.2) is 29.3 Å². The lowest BCUT2D eigenvalue weighted by molar-refractivity contribution is -0.136. The first kappa shape index (κ1) is 28.7. The quantitative estimate of drug-likeness (QED) is 0.269. The van der Waals surface area contributed by atoms with Crippen LogP contribution < -0.4 is 5.73 Å². The first-order chi connectivity index (χ1) is 20.1. The van der Waals surface area contributed by atoms with Crippen LogP contribution in [0.2, 0.25) is 0 Å². The molecule has 4 N–H and O–H groups in total. The lowest BCUT2D eigenvalue weighted by Gasteiger charge is -2.41. The Morgan fingerprint density at radius 3 is 2.71 bits per heavy atom. The van der Waals surface area contributed by atoms with Crippen LogP contribution in [0.5, 0.6) is 0 Å². The standard InChI is InChI=1S/C27H34N8O5S2/c1-32-5-4-20-22(16-32)41-26(31-20)27(37)35-7-6-34(15-19(35)14-24(36)33-8-10-40-11-9-33)42(38,39)23-13-17-2-3-18(25(28)29)12-21(17)30-23/h2-3,12-13,19,30H,4-11,14-16H2,1H3,(H3,28,29). The number of piperazine rings is 1. The SMILES string of the molecule is CN1CCc2nc(C(=O)N3CCN(S(=O)(=O)c4cc5ccc(C(=N)N)cc5[nH]4)CC3CC(=O)N3CCOCC3)sc2C1. The molecule has 42 heavy (non-hydrogen) atoms. The molecule has 15 heteroatoms. The van der Waals surface area contributed by atoms with Crippen LogP contribution in [-0.2, 0) is 32.5 Å². The van der Waals surface area contributed by atoms with Crippen molar-refractivity contribution in [2.45, 2.75) is 30.5 Å². The number of fused-ring (bicyclic) bond motifs is 2. The van der Waals surface area contributed by atoms with Crippen molar-refractivity contribution in [2.24, 2.45) is 5.73 Å². The zero-order chi connectivity index (χ0) is 29.6. The number of hydrogen-bond donors (Lipinski definition) is 3. The number of benzene rings is 1. The maximum Gasteiger partial charge on any atom is 0.283 e. The van der Waals surface area contributed by atoms with Gasteiger partial charge in [0, 0.05) is 80.0 Å². The second-order valence-corrected chi connectivity index (χ2v) is 13.9. The third-order valence-electron chi connectivity index (χ3n) is 8.11. The van der Waals surface area contributed by atoms with Gasteiger partial charge in [0.05, 0.1) is 24.9 Å². The highest BCUT2D eigenvalue weighted by Crippen LogP contribution is 2.29. The topological polar surface area (TPSA) is 169 Å². The van der Waals surface area contributed by atoms with E-state index >= 15 is 0 Å². The molecule has 2 saturated heterocycles. The molecule has 0 saturated carbocycles. The van der Waals surface area contributed by atoms with Gasteiger partial charge in [-0.25, -0.2) is 13.4 Å². The van der Waals surface area contributed by atoms with E-state index in [9.17, 15) is 18.0 Å². The van der Waals surface area contributed by atoms with Crippen LogP contribution in [0.25, 0.3) is 10.9 Å². The second kappa shape index (κ2) is 11.4.